The van der Waals surface area contributed by atoms with Crippen molar-refractivity contribution in [3.8, 4) is 12.0 Å². The summed E-state index contributed by atoms with van der Waals surface area (Å²) in [6.45, 7) is 4.54. The van der Waals surface area contributed by atoms with Gasteiger partial charge in [-0.05, 0) is 26.3 Å². The second-order valence-corrected chi connectivity index (χ2v) is 4.98. The Morgan fingerprint density at radius 1 is 1.13 bits per heavy atom. The van der Waals surface area contributed by atoms with E-state index in [1.807, 2.05) is 19.9 Å². The first-order valence-corrected chi connectivity index (χ1v) is 7.46. The topological polar surface area (TPSA) is 78.8 Å². The number of rotatable bonds is 10. The van der Waals surface area contributed by atoms with E-state index < -0.39 is 0 Å². The molecule has 0 aliphatic rings. The number of aromatic nitrogens is 3. The fourth-order valence-corrected chi connectivity index (χ4v) is 2.00. The Morgan fingerprint density at radius 2 is 1.83 bits per heavy atom. The van der Waals surface area contributed by atoms with E-state index in [1.54, 1.807) is 27.5 Å². The van der Waals surface area contributed by atoms with Crippen molar-refractivity contribution in [3.63, 3.8) is 0 Å². The predicted octanol–water partition coefficient (Wildman–Crippen LogP) is 1.79. The third-order valence-corrected chi connectivity index (χ3v) is 3.01. The monoisotopic (exact) mass is 326 g/mol. The molecule has 0 radical (unpaired) electrons. The lowest BCUT2D eigenvalue weighted by molar-refractivity contribution is -0.0155. The van der Waals surface area contributed by atoms with Crippen molar-refractivity contribution in [3.05, 3.63) is 18.2 Å². The van der Waals surface area contributed by atoms with E-state index in [0.29, 0.717) is 18.9 Å². The maximum Gasteiger partial charge on any atom is 0.342 e. The molecular weight excluding hydrogens is 300 g/mol. The smallest absolute Gasteiger partial charge is 0.342 e. The molecule has 130 valence electrons. The van der Waals surface area contributed by atoms with Gasteiger partial charge in [0.05, 0.1) is 26.6 Å². The maximum atomic E-state index is 5.72. The largest absolute Gasteiger partial charge is 0.505 e. The molecule has 8 nitrogen and oxygen atoms in total. The van der Waals surface area contributed by atoms with Crippen LogP contribution in [0.4, 0.5) is 0 Å². The summed E-state index contributed by atoms with van der Waals surface area (Å²) >= 11 is 0. The van der Waals surface area contributed by atoms with E-state index in [1.165, 1.54) is 12.2 Å². The summed E-state index contributed by atoms with van der Waals surface area (Å²) in [6, 6.07) is 0.387. The Kier molecular flexibility index (Phi) is 8.28. The number of hydrogen-bond donors (Lipinski definition) is 0. The lowest BCUT2D eigenvalue weighted by atomic mass is 9.98. The SMILES string of the molecule is CCOC(C)C(C/C=C/OC)c1nc(OC)nc(ON(C)C)n1. The van der Waals surface area contributed by atoms with Crippen LogP contribution in [0.15, 0.2) is 12.3 Å². The Hall–Kier alpha value is -1.93. The molecule has 2 atom stereocenters. The van der Waals surface area contributed by atoms with Gasteiger partial charge in [-0.1, -0.05) is 0 Å². The van der Waals surface area contributed by atoms with Gasteiger partial charge in [-0.15, -0.1) is 10.0 Å². The molecule has 1 aromatic heterocycles. The molecule has 0 aliphatic carbocycles. The summed E-state index contributed by atoms with van der Waals surface area (Å²) < 4.78 is 15.8. The van der Waals surface area contributed by atoms with Gasteiger partial charge in [0, 0.05) is 26.6 Å². The van der Waals surface area contributed by atoms with Gasteiger partial charge in [-0.2, -0.15) is 9.97 Å². The molecule has 1 aromatic rings. The third-order valence-electron chi connectivity index (χ3n) is 3.01. The summed E-state index contributed by atoms with van der Waals surface area (Å²) in [5.41, 5.74) is 0. The third kappa shape index (κ3) is 6.37. The van der Waals surface area contributed by atoms with Crippen molar-refractivity contribution in [1.82, 2.24) is 20.0 Å². The van der Waals surface area contributed by atoms with Crippen LogP contribution in [0.5, 0.6) is 12.0 Å². The van der Waals surface area contributed by atoms with E-state index >= 15 is 0 Å². The molecule has 0 spiro atoms. The molecule has 0 bridgehead atoms. The van der Waals surface area contributed by atoms with Crippen LogP contribution in [0.2, 0.25) is 0 Å². The molecule has 23 heavy (non-hydrogen) atoms. The molecular formula is C15H26N4O4. The number of allylic oxidation sites excluding steroid dienone is 1. The maximum absolute atomic E-state index is 5.72. The number of nitrogens with zero attached hydrogens (tertiary/aromatic N) is 4. The van der Waals surface area contributed by atoms with Crippen molar-refractivity contribution < 1.29 is 19.0 Å². The van der Waals surface area contributed by atoms with Crippen molar-refractivity contribution in [1.29, 1.82) is 0 Å². The van der Waals surface area contributed by atoms with Crippen LogP contribution in [0, 0.1) is 0 Å². The Bertz CT molecular complexity index is 496. The van der Waals surface area contributed by atoms with Crippen LogP contribution in [-0.2, 0) is 9.47 Å². The fourth-order valence-electron chi connectivity index (χ4n) is 2.00. The molecule has 0 N–H and O–H groups in total. The summed E-state index contributed by atoms with van der Waals surface area (Å²) in [5.74, 6) is 0.471. The minimum Gasteiger partial charge on any atom is -0.505 e. The zero-order valence-corrected chi connectivity index (χ0v) is 14.6. The highest BCUT2D eigenvalue weighted by Gasteiger charge is 2.24. The number of hydrogen-bond acceptors (Lipinski definition) is 8. The lowest BCUT2D eigenvalue weighted by Gasteiger charge is -2.22. The van der Waals surface area contributed by atoms with Crippen molar-refractivity contribution in [2.75, 3.05) is 34.9 Å². The van der Waals surface area contributed by atoms with Crippen LogP contribution >= 0.6 is 0 Å². The summed E-state index contributed by atoms with van der Waals surface area (Å²) in [7, 11) is 6.60. The van der Waals surface area contributed by atoms with Gasteiger partial charge in [0.15, 0.2) is 0 Å². The quantitative estimate of drug-likeness (QED) is 0.476. The predicted molar refractivity (Wildman–Crippen MR) is 85.3 cm³/mol. The normalized spacial score (nSPS) is 14.0. The van der Waals surface area contributed by atoms with E-state index in [-0.39, 0.29) is 24.0 Å². The lowest BCUT2D eigenvalue weighted by Crippen LogP contribution is -2.23. The second kappa shape index (κ2) is 9.96. The van der Waals surface area contributed by atoms with Gasteiger partial charge in [0.2, 0.25) is 0 Å². The number of ether oxygens (including phenoxy) is 3. The molecule has 2 unspecified atom stereocenters. The number of hydroxylamine groups is 2. The van der Waals surface area contributed by atoms with E-state index in [0.717, 1.165) is 0 Å². The molecule has 0 aromatic carbocycles. The average molecular weight is 326 g/mol. The first kappa shape index (κ1) is 19.1. The first-order valence-electron chi connectivity index (χ1n) is 7.46. The second-order valence-electron chi connectivity index (χ2n) is 4.98. The van der Waals surface area contributed by atoms with Crippen LogP contribution < -0.4 is 9.57 Å². The highest BCUT2D eigenvalue weighted by atomic mass is 16.7. The van der Waals surface area contributed by atoms with Gasteiger partial charge < -0.3 is 19.0 Å². The minimum absolute atomic E-state index is 0.0808. The Labute approximate surface area is 137 Å². The molecule has 0 saturated heterocycles. The molecule has 8 heteroatoms. The molecule has 1 heterocycles. The molecule has 0 saturated carbocycles. The van der Waals surface area contributed by atoms with Crippen LogP contribution in [0.1, 0.15) is 32.0 Å². The van der Waals surface area contributed by atoms with Crippen LogP contribution in [0.25, 0.3) is 0 Å². The van der Waals surface area contributed by atoms with Gasteiger partial charge in [0.1, 0.15) is 5.82 Å². The standard InChI is InChI=1S/C15H26N4O4/c1-7-22-11(2)12(9-8-10-20-5)13-16-14(21-6)18-15(17-13)23-19(3)4/h8,10-12H,7,9H2,1-6H3/b10-8+. The van der Waals surface area contributed by atoms with E-state index in [2.05, 4.69) is 15.0 Å². The van der Waals surface area contributed by atoms with Gasteiger partial charge in [0.25, 0.3) is 0 Å². The summed E-state index contributed by atoms with van der Waals surface area (Å²) in [4.78, 5) is 18.2. The van der Waals surface area contributed by atoms with E-state index in [4.69, 9.17) is 19.0 Å². The van der Waals surface area contributed by atoms with Gasteiger partial charge in [-0.25, -0.2) is 0 Å². The Balaban J connectivity index is 3.13. The van der Waals surface area contributed by atoms with Crippen molar-refractivity contribution in [2.45, 2.75) is 32.3 Å². The van der Waals surface area contributed by atoms with Gasteiger partial charge >= 0.3 is 12.0 Å². The number of methoxy groups -OCH3 is 2. The van der Waals surface area contributed by atoms with Crippen molar-refractivity contribution in [2.24, 2.45) is 0 Å². The van der Waals surface area contributed by atoms with Crippen LogP contribution in [0.3, 0.4) is 0 Å². The zero-order valence-electron chi connectivity index (χ0n) is 14.6. The molecule has 0 fully saturated rings. The van der Waals surface area contributed by atoms with E-state index in [9.17, 15) is 0 Å². The first-order chi connectivity index (χ1) is 11.0. The fraction of sp³-hybridized carbons (Fsp3) is 0.667. The van der Waals surface area contributed by atoms with Crippen molar-refractivity contribution >= 4 is 0 Å². The highest BCUT2D eigenvalue weighted by molar-refractivity contribution is 5.11. The average Bonchev–Trinajstić information content (AvgIpc) is 2.50. The molecule has 1 rings (SSSR count). The zero-order chi connectivity index (χ0) is 17.2. The summed E-state index contributed by atoms with van der Waals surface area (Å²) in [5, 5.41) is 1.50. The summed E-state index contributed by atoms with van der Waals surface area (Å²) in [6.07, 6.45) is 4.11. The molecule has 0 aliphatic heterocycles. The van der Waals surface area contributed by atoms with Gasteiger partial charge in [-0.3, -0.25) is 0 Å². The minimum atomic E-state index is -0.0826. The Morgan fingerprint density at radius 3 is 2.39 bits per heavy atom. The van der Waals surface area contributed by atoms with Crippen LogP contribution in [-0.4, -0.2) is 61.0 Å². The molecule has 0 amide bonds. The highest BCUT2D eigenvalue weighted by Crippen LogP contribution is 2.26.